The monoisotopic (exact) mass is 264 g/mol. The van der Waals surface area contributed by atoms with E-state index in [1.807, 2.05) is 0 Å². The summed E-state index contributed by atoms with van der Waals surface area (Å²) in [5.41, 5.74) is -0.231. The number of urea groups is 1. The number of rotatable bonds is 3. The number of amides is 2. The Morgan fingerprint density at radius 3 is 2.53 bits per heavy atom. The van der Waals surface area contributed by atoms with Crippen LogP contribution in [0.2, 0.25) is 0 Å². The third-order valence-corrected chi connectivity index (χ3v) is 3.66. The van der Waals surface area contributed by atoms with E-state index in [2.05, 4.69) is 10.6 Å². The van der Waals surface area contributed by atoms with Crippen LogP contribution < -0.4 is 10.6 Å². The lowest BCUT2D eigenvalue weighted by Crippen LogP contribution is -2.49. The van der Waals surface area contributed by atoms with E-state index in [0.29, 0.717) is 5.56 Å². The van der Waals surface area contributed by atoms with E-state index >= 15 is 0 Å². The van der Waals surface area contributed by atoms with E-state index in [4.69, 9.17) is 0 Å². The van der Waals surface area contributed by atoms with Gasteiger partial charge in [-0.2, -0.15) is 0 Å². The lowest BCUT2D eigenvalue weighted by Gasteiger charge is -2.28. The first-order valence-corrected chi connectivity index (χ1v) is 6.83. The van der Waals surface area contributed by atoms with Gasteiger partial charge in [0.15, 0.2) is 0 Å². The molecular formula is C15H21FN2O. The second-order valence-corrected chi connectivity index (χ2v) is 5.68. The largest absolute Gasteiger partial charge is 0.335 e. The maximum absolute atomic E-state index is 13.8. The summed E-state index contributed by atoms with van der Waals surface area (Å²) in [5, 5.41) is 5.80. The molecule has 1 fully saturated rings. The molecule has 104 valence electrons. The summed E-state index contributed by atoms with van der Waals surface area (Å²) in [6, 6.07) is 6.57. The normalized spacial score (nSPS) is 16.4. The number of halogens is 1. The zero-order valence-electron chi connectivity index (χ0n) is 11.5. The molecule has 1 aromatic carbocycles. The molecule has 2 N–H and O–H groups in total. The first-order chi connectivity index (χ1) is 8.99. The topological polar surface area (TPSA) is 41.1 Å². The predicted molar refractivity (Wildman–Crippen MR) is 73.3 cm³/mol. The first kappa shape index (κ1) is 13.8. The molecule has 2 amide bonds. The molecule has 3 nitrogen and oxygen atoms in total. The highest BCUT2D eigenvalue weighted by Crippen LogP contribution is 2.23. The fraction of sp³-hybridized carbons (Fsp3) is 0.533. The van der Waals surface area contributed by atoms with E-state index in [0.717, 1.165) is 12.8 Å². The summed E-state index contributed by atoms with van der Waals surface area (Å²) in [7, 11) is 0. The van der Waals surface area contributed by atoms with Gasteiger partial charge in [-0.25, -0.2) is 9.18 Å². The molecule has 1 aliphatic carbocycles. The summed E-state index contributed by atoms with van der Waals surface area (Å²) >= 11 is 0. The van der Waals surface area contributed by atoms with Gasteiger partial charge in [-0.1, -0.05) is 31.0 Å². The Bertz CT molecular complexity index is 453. The smallest absolute Gasteiger partial charge is 0.315 e. The molecule has 0 unspecified atom stereocenters. The lowest BCUT2D eigenvalue weighted by atomic mass is 9.94. The van der Waals surface area contributed by atoms with Gasteiger partial charge in [-0.05, 0) is 32.8 Å². The van der Waals surface area contributed by atoms with E-state index in [-0.39, 0.29) is 17.9 Å². The number of hydrogen-bond donors (Lipinski definition) is 2. The maximum Gasteiger partial charge on any atom is 0.315 e. The quantitative estimate of drug-likeness (QED) is 0.864. The van der Waals surface area contributed by atoms with Crippen molar-refractivity contribution in [1.29, 1.82) is 0 Å². The molecule has 0 atom stereocenters. The Morgan fingerprint density at radius 2 is 1.89 bits per heavy atom. The number of benzene rings is 1. The van der Waals surface area contributed by atoms with Crippen LogP contribution in [0.3, 0.4) is 0 Å². The van der Waals surface area contributed by atoms with E-state index in [1.165, 1.54) is 18.9 Å². The molecule has 0 bridgehead atoms. The Kier molecular flexibility index (Phi) is 4.08. The molecule has 1 saturated carbocycles. The van der Waals surface area contributed by atoms with Crippen LogP contribution in [0.4, 0.5) is 9.18 Å². The van der Waals surface area contributed by atoms with Crippen LogP contribution in [0.1, 0.15) is 45.1 Å². The summed E-state index contributed by atoms with van der Waals surface area (Å²) in [5.74, 6) is -0.298. The van der Waals surface area contributed by atoms with Crippen molar-refractivity contribution in [1.82, 2.24) is 10.6 Å². The molecule has 4 heteroatoms. The van der Waals surface area contributed by atoms with Crippen LogP contribution in [0.15, 0.2) is 24.3 Å². The SMILES string of the molecule is CC(C)(NC(=O)NC1CCCC1)c1ccccc1F. The number of carbonyl (C=O) groups is 1. The standard InChI is InChI=1S/C15H21FN2O/c1-15(2,12-9-5-6-10-13(12)16)18-14(19)17-11-7-3-4-8-11/h5-6,9-11H,3-4,7-8H2,1-2H3,(H2,17,18,19). The summed E-state index contributed by atoms with van der Waals surface area (Å²) in [6.07, 6.45) is 4.41. The van der Waals surface area contributed by atoms with Crippen LogP contribution in [0, 0.1) is 5.82 Å². The molecular weight excluding hydrogens is 243 g/mol. The van der Waals surface area contributed by atoms with Gasteiger partial charge in [0.05, 0.1) is 5.54 Å². The highest BCUT2D eigenvalue weighted by Gasteiger charge is 2.27. The molecule has 0 heterocycles. The van der Waals surface area contributed by atoms with Crippen molar-refractivity contribution in [3.63, 3.8) is 0 Å². The van der Waals surface area contributed by atoms with Crippen molar-refractivity contribution in [2.75, 3.05) is 0 Å². The van der Waals surface area contributed by atoms with Crippen LogP contribution in [0.25, 0.3) is 0 Å². The second kappa shape index (κ2) is 5.59. The third-order valence-electron chi connectivity index (χ3n) is 3.66. The molecule has 0 aromatic heterocycles. The van der Waals surface area contributed by atoms with Crippen LogP contribution >= 0.6 is 0 Å². The number of nitrogens with one attached hydrogen (secondary N) is 2. The zero-order valence-corrected chi connectivity index (χ0v) is 11.5. The average Bonchev–Trinajstić information content (AvgIpc) is 2.81. The molecule has 1 aliphatic rings. The third kappa shape index (κ3) is 3.46. The van der Waals surface area contributed by atoms with Crippen molar-refractivity contribution in [2.45, 2.75) is 51.1 Å². The van der Waals surface area contributed by atoms with E-state index in [1.54, 1.807) is 32.0 Å². The number of carbonyl (C=O) groups excluding carboxylic acids is 1. The maximum atomic E-state index is 13.8. The van der Waals surface area contributed by atoms with E-state index < -0.39 is 5.54 Å². The Balaban J connectivity index is 2.00. The van der Waals surface area contributed by atoms with Gasteiger partial charge in [0, 0.05) is 11.6 Å². The molecule has 2 rings (SSSR count). The van der Waals surface area contributed by atoms with Crippen LogP contribution in [-0.2, 0) is 5.54 Å². The average molecular weight is 264 g/mol. The van der Waals surface area contributed by atoms with Crippen molar-refractivity contribution >= 4 is 6.03 Å². The van der Waals surface area contributed by atoms with Gasteiger partial charge in [-0.3, -0.25) is 0 Å². The minimum absolute atomic E-state index is 0.222. The first-order valence-electron chi connectivity index (χ1n) is 6.83. The minimum atomic E-state index is -0.728. The molecule has 0 aliphatic heterocycles. The van der Waals surface area contributed by atoms with Gasteiger partial charge in [0.2, 0.25) is 0 Å². The molecule has 0 saturated heterocycles. The van der Waals surface area contributed by atoms with Crippen molar-refractivity contribution < 1.29 is 9.18 Å². The fourth-order valence-electron chi connectivity index (χ4n) is 2.61. The second-order valence-electron chi connectivity index (χ2n) is 5.68. The van der Waals surface area contributed by atoms with E-state index in [9.17, 15) is 9.18 Å². The molecule has 1 aromatic rings. The molecule has 0 spiro atoms. The van der Waals surface area contributed by atoms with Crippen LogP contribution in [0.5, 0.6) is 0 Å². The Labute approximate surface area is 113 Å². The van der Waals surface area contributed by atoms with Gasteiger partial charge in [0.1, 0.15) is 5.82 Å². The zero-order chi connectivity index (χ0) is 13.9. The number of hydrogen-bond acceptors (Lipinski definition) is 1. The van der Waals surface area contributed by atoms with Gasteiger partial charge >= 0.3 is 6.03 Å². The van der Waals surface area contributed by atoms with Gasteiger partial charge in [-0.15, -0.1) is 0 Å². The predicted octanol–water partition coefficient (Wildman–Crippen LogP) is 3.30. The van der Waals surface area contributed by atoms with Crippen molar-refractivity contribution in [3.8, 4) is 0 Å². The van der Waals surface area contributed by atoms with Crippen molar-refractivity contribution in [2.24, 2.45) is 0 Å². The summed E-state index contributed by atoms with van der Waals surface area (Å²) < 4.78 is 13.8. The minimum Gasteiger partial charge on any atom is -0.335 e. The highest BCUT2D eigenvalue weighted by molar-refractivity contribution is 5.75. The van der Waals surface area contributed by atoms with Gasteiger partial charge in [0.25, 0.3) is 0 Å². The summed E-state index contributed by atoms with van der Waals surface area (Å²) in [4.78, 5) is 12.0. The molecule has 19 heavy (non-hydrogen) atoms. The fourth-order valence-corrected chi connectivity index (χ4v) is 2.61. The Morgan fingerprint density at radius 1 is 1.26 bits per heavy atom. The van der Waals surface area contributed by atoms with Gasteiger partial charge < -0.3 is 10.6 Å². The van der Waals surface area contributed by atoms with Crippen LogP contribution in [-0.4, -0.2) is 12.1 Å². The molecule has 0 radical (unpaired) electrons. The Hall–Kier alpha value is -1.58. The lowest BCUT2D eigenvalue weighted by molar-refractivity contribution is 0.225. The summed E-state index contributed by atoms with van der Waals surface area (Å²) in [6.45, 7) is 3.61. The van der Waals surface area contributed by atoms with Crippen molar-refractivity contribution in [3.05, 3.63) is 35.6 Å². The highest BCUT2D eigenvalue weighted by atomic mass is 19.1.